The quantitative estimate of drug-likeness (QED) is 0.180. The van der Waals surface area contributed by atoms with Crippen molar-refractivity contribution in [1.29, 1.82) is 0 Å². The van der Waals surface area contributed by atoms with Crippen molar-refractivity contribution in [2.24, 2.45) is 0 Å². The van der Waals surface area contributed by atoms with Crippen molar-refractivity contribution in [2.45, 2.75) is 26.7 Å². The van der Waals surface area contributed by atoms with Crippen molar-refractivity contribution < 1.29 is 18.7 Å². The molecule has 1 aromatic heterocycles. The number of rotatable bonds is 7. The molecule has 35 heavy (non-hydrogen) atoms. The van der Waals surface area contributed by atoms with Crippen molar-refractivity contribution in [3.63, 3.8) is 0 Å². The molecule has 0 spiro atoms. The molecule has 0 saturated heterocycles. The minimum Gasteiger partial charge on any atom is -0.492 e. The van der Waals surface area contributed by atoms with Gasteiger partial charge < -0.3 is 13.9 Å². The van der Waals surface area contributed by atoms with E-state index >= 15 is 0 Å². The third kappa shape index (κ3) is 5.81. The van der Waals surface area contributed by atoms with Crippen LogP contribution in [0.15, 0.2) is 63.8 Å². The van der Waals surface area contributed by atoms with E-state index in [4.69, 9.17) is 48.7 Å². The minimum absolute atomic E-state index is 0.0185. The fourth-order valence-corrected chi connectivity index (χ4v) is 4.07. The summed E-state index contributed by atoms with van der Waals surface area (Å²) in [6.45, 7) is 4.00. The Morgan fingerprint density at radius 1 is 0.943 bits per heavy atom. The molecular formula is C27H21Cl3O5. The number of esters is 1. The van der Waals surface area contributed by atoms with Gasteiger partial charge in [-0.3, -0.25) is 9.59 Å². The highest BCUT2D eigenvalue weighted by Gasteiger charge is 2.21. The molecule has 0 aliphatic heterocycles. The predicted molar refractivity (Wildman–Crippen MR) is 139 cm³/mol. The van der Waals surface area contributed by atoms with Gasteiger partial charge in [-0.25, -0.2) is 0 Å². The molecule has 0 bridgehead atoms. The SMILES string of the molecule is Cc1ccc(-c2oc3cc(C)c(Cl)cc3c(=O)c2OC(=O)CCCOc2ccc(Cl)cc2Cl)cc1. The maximum absolute atomic E-state index is 13.3. The predicted octanol–water partition coefficient (Wildman–Crippen LogP) is 7.80. The largest absolute Gasteiger partial charge is 0.492 e. The van der Waals surface area contributed by atoms with Gasteiger partial charge in [0.25, 0.3) is 0 Å². The van der Waals surface area contributed by atoms with Gasteiger partial charge in [-0.1, -0.05) is 64.6 Å². The molecule has 5 nitrogen and oxygen atoms in total. The monoisotopic (exact) mass is 530 g/mol. The molecule has 1 heterocycles. The molecule has 0 aliphatic carbocycles. The number of carbonyl (C=O) groups is 1. The summed E-state index contributed by atoms with van der Waals surface area (Å²) in [6, 6.07) is 15.5. The first kappa shape index (κ1) is 25.1. The Morgan fingerprint density at radius 3 is 2.40 bits per heavy atom. The van der Waals surface area contributed by atoms with E-state index in [-0.39, 0.29) is 29.9 Å². The summed E-state index contributed by atoms with van der Waals surface area (Å²) < 4.78 is 17.2. The smallest absolute Gasteiger partial charge is 0.311 e. The Balaban J connectivity index is 1.57. The van der Waals surface area contributed by atoms with E-state index in [1.807, 2.05) is 38.1 Å². The first-order valence-corrected chi connectivity index (χ1v) is 12.0. The number of hydrogen-bond acceptors (Lipinski definition) is 5. The van der Waals surface area contributed by atoms with Gasteiger partial charge in [0.15, 0.2) is 5.76 Å². The van der Waals surface area contributed by atoms with Crippen molar-refractivity contribution in [1.82, 2.24) is 0 Å². The highest BCUT2D eigenvalue weighted by molar-refractivity contribution is 6.35. The normalized spacial score (nSPS) is 11.0. The Morgan fingerprint density at radius 2 is 1.69 bits per heavy atom. The molecule has 0 radical (unpaired) electrons. The van der Waals surface area contributed by atoms with E-state index in [0.717, 1.165) is 11.1 Å². The molecule has 0 fully saturated rings. The van der Waals surface area contributed by atoms with E-state index in [9.17, 15) is 9.59 Å². The van der Waals surface area contributed by atoms with Gasteiger partial charge in [0.05, 0.1) is 17.0 Å². The Kier molecular flexibility index (Phi) is 7.70. The summed E-state index contributed by atoms with van der Waals surface area (Å²) in [7, 11) is 0. The number of aryl methyl sites for hydroxylation is 2. The van der Waals surface area contributed by atoms with Gasteiger partial charge in [0.1, 0.15) is 11.3 Å². The van der Waals surface area contributed by atoms with Crippen molar-refractivity contribution in [3.05, 3.63) is 91.0 Å². The average Bonchev–Trinajstić information content (AvgIpc) is 2.81. The second-order valence-electron chi connectivity index (χ2n) is 8.05. The number of benzene rings is 3. The average molecular weight is 532 g/mol. The number of ether oxygens (including phenoxy) is 2. The van der Waals surface area contributed by atoms with E-state index in [0.29, 0.717) is 38.4 Å². The molecule has 0 unspecified atom stereocenters. The van der Waals surface area contributed by atoms with Gasteiger partial charge in [0, 0.05) is 22.0 Å². The first-order chi connectivity index (χ1) is 16.7. The first-order valence-electron chi connectivity index (χ1n) is 10.9. The topological polar surface area (TPSA) is 65.7 Å². The molecule has 0 saturated carbocycles. The molecule has 3 aromatic carbocycles. The van der Waals surface area contributed by atoms with E-state index in [2.05, 4.69) is 0 Å². The lowest BCUT2D eigenvalue weighted by Crippen LogP contribution is -2.17. The van der Waals surface area contributed by atoms with Gasteiger partial charge in [-0.15, -0.1) is 0 Å². The third-order valence-corrected chi connectivity index (χ3v) is 6.27. The van der Waals surface area contributed by atoms with E-state index in [1.165, 1.54) is 6.07 Å². The number of hydrogen-bond donors (Lipinski definition) is 0. The van der Waals surface area contributed by atoms with Gasteiger partial charge in [-0.2, -0.15) is 0 Å². The molecule has 0 aliphatic rings. The molecule has 0 atom stereocenters. The molecule has 8 heteroatoms. The van der Waals surface area contributed by atoms with E-state index < -0.39 is 11.4 Å². The lowest BCUT2D eigenvalue weighted by Gasteiger charge is -2.12. The van der Waals surface area contributed by atoms with Crippen LogP contribution in [0.2, 0.25) is 15.1 Å². The Hall–Kier alpha value is -2.99. The second kappa shape index (κ2) is 10.7. The van der Waals surface area contributed by atoms with Crippen LogP contribution in [0.5, 0.6) is 11.5 Å². The summed E-state index contributed by atoms with van der Waals surface area (Å²) in [5.41, 5.74) is 2.31. The van der Waals surface area contributed by atoms with Crippen LogP contribution >= 0.6 is 34.8 Å². The van der Waals surface area contributed by atoms with Gasteiger partial charge in [0.2, 0.25) is 11.2 Å². The van der Waals surface area contributed by atoms with Crippen LogP contribution in [0.4, 0.5) is 0 Å². The van der Waals surface area contributed by atoms with Gasteiger partial charge in [-0.05, 0) is 56.2 Å². The van der Waals surface area contributed by atoms with Crippen LogP contribution in [0.1, 0.15) is 24.0 Å². The lowest BCUT2D eigenvalue weighted by molar-refractivity contribution is -0.134. The molecule has 0 N–H and O–H groups in total. The highest BCUT2D eigenvalue weighted by atomic mass is 35.5. The van der Waals surface area contributed by atoms with Crippen LogP contribution in [0, 0.1) is 13.8 Å². The summed E-state index contributed by atoms with van der Waals surface area (Å²) in [6.07, 6.45) is 0.367. The molecule has 4 rings (SSSR count). The summed E-state index contributed by atoms with van der Waals surface area (Å²) >= 11 is 18.2. The molecular weight excluding hydrogens is 511 g/mol. The second-order valence-corrected chi connectivity index (χ2v) is 9.30. The van der Waals surface area contributed by atoms with Crippen LogP contribution in [0.3, 0.4) is 0 Å². The van der Waals surface area contributed by atoms with Crippen molar-refractivity contribution in [3.8, 4) is 22.8 Å². The van der Waals surface area contributed by atoms with Gasteiger partial charge >= 0.3 is 5.97 Å². The van der Waals surface area contributed by atoms with Crippen LogP contribution in [0.25, 0.3) is 22.3 Å². The fourth-order valence-electron chi connectivity index (χ4n) is 3.44. The third-order valence-electron chi connectivity index (χ3n) is 5.34. The molecule has 0 amide bonds. The standard InChI is InChI=1S/C27H21Cl3O5/c1-15-5-7-17(8-6-15)26-27(25(32)19-14-20(29)16(2)12-23(19)34-26)35-24(31)4-3-11-33-22-10-9-18(28)13-21(22)30/h5-10,12-14H,3-4,11H2,1-2H3. The number of halogens is 3. The van der Waals surface area contributed by atoms with Crippen LogP contribution in [-0.4, -0.2) is 12.6 Å². The minimum atomic E-state index is -0.589. The summed E-state index contributed by atoms with van der Waals surface area (Å²) in [5.74, 6) is -0.114. The lowest BCUT2D eigenvalue weighted by atomic mass is 10.1. The molecule has 180 valence electrons. The van der Waals surface area contributed by atoms with Crippen LogP contribution in [-0.2, 0) is 4.79 Å². The Labute approximate surface area is 217 Å². The Bertz CT molecular complexity index is 1460. The van der Waals surface area contributed by atoms with E-state index in [1.54, 1.807) is 24.3 Å². The maximum Gasteiger partial charge on any atom is 0.311 e. The zero-order chi connectivity index (χ0) is 25.1. The number of carbonyl (C=O) groups excluding carboxylic acids is 1. The zero-order valence-corrected chi connectivity index (χ0v) is 21.3. The van der Waals surface area contributed by atoms with Crippen LogP contribution < -0.4 is 14.9 Å². The maximum atomic E-state index is 13.3. The molecule has 4 aromatic rings. The summed E-state index contributed by atoms with van der Waals surface area (Å²) in [4.78, 5) is 26.0. The zero-order valence-electron chi connectivity index (χ0n) is 19.0. The highest BCUT2D eigenvalue weighted by Crippen LogP contribution is 2.33. The van der Waals surface area contributed by atoms with Crippen molar-refractivity contribution in [2.75, 3.05) is 6.61 Å². The summed E-state index contributed by atoms with van der Waals surface area (Å²) in [5, 5.41) is 1.54. The number of fused-ring (bicyclic) bond motifs is 1. The van der Waals surface area contributed by atoms with Crippen molar-refractivity contribution >= 4 is 51.7 Å². The fraction of sp³-hybridized carbons (Fsp3) is 0.185.